The molecule has 1 aliphatic rings. The summed E-state index contributed by atoms with van der Waals surface area (Å²) in [5.74, 6) is 0.524. The lowest BCUT2D eigenvalue weighted by molar-refractivity contribution is -0.138. The fraction of sp³-hybridized carbons (Fsp3) is 0.625. The number of hydrogen-bond donors (Lipinski definition) is 1. The van der Waals surface area contributed by atoms with Gasteiger partial charge in [-0.15, -0.1) is 0 Å². The fourth-order valence-corrected chi connectivity index (χ4v) is 3.08. The van der Waals surface area contributed by atoms with Crippen LogP contribution in [0.2, 0.25) is 0 Å². The number of hydrogen-bond acceptors (Lipinski definition) is 2. The van der Waals surface area contributed by atoms with Crippen molar-refractivity contribution in [2.75, 3.05) is 18.0 Å². The molecule has 118 valence electrons. The molecule has 1 aromatic rings. The molecule has 1 aromatic carbocycles. The molecule has 2 unspecified atom stereocenters. The number of nitrogens with one attached hydrogen (secondary N) is 1. The van der Waals surface area contributed by atoms with Crippen LogP contribution < -0.4 is 10.2 Å². The first-order valence-corrected chi connectivity index (χ1v) is 7.50. The maximum atomic E-state index is 13.3. The molecule has 1 N–H and O–H groups in total. The molecular weight excluding hydrogens is 277 g/mol. The molecule has 1 fully saturated rings. The van der Waals surface area contributed by atoms with Crippen molar-refractivity contribution in [2.45, 2.75) is 46.0 Å². The van der Waals surface area contributed by atoms with Gasteiger partial charge in [0, 0.05) is 24.8 Å². The third-order valence-electron chi connectivity index (χ3n) is 4.08. The van der Waals surface area contributed by atoms with Gasteiger partial charge in [0.15, 0.2) is 0 Å². The van der Waals surface area contributed by atoms with Gasteiger partial charge < -0.3 is 10.2 Å². The Hall–Kier alpha value is -1.23. The van der Waals surface area contributed by atoms with Crippen LogP contribution in [0.5, 0.6) is 0 Å². The fourth-order valence-electron chi connectivity index (χ4n) is 3.08. The minimum absolute atomic E-state index is 0.248. The lowest BCUT2D eigenvalue weighted by Crippen LogP contribution is -2.27. The van der Waals surface area contributed by atoms with Crippen LogP contribution in [-0.4, -0.2) is 19.1 Å². The Balaban J connectivity index is 2.33. The predicted molar refractivity (Wildman–Crippen MR) is 79.4 cm³/mol. The van der Waals surface area contributed by atoms with Gasteiger partial charge in [0.1, 0.15) is 0 Å². The highest BCUT2D eigenvalue weighted by molar-refractivity contribution is 5.53. The van der Waals surface area contributed by atoms with Gasteiger partial charge >= 0.3 is 6.18 Å². The molecule has 1 heterocycles. The van der Waals surface area contributed by atoms with Gasteiger partial charge in [-0.1, -0.05) is 19.9 Å². The highest BCUT2D eigenvalue weighted by atomic mass is 19.4. The third-order valence-corrected chi connectivity index (χ3v) is 4.08. The summed E-state index contributed by atoms with van der Waals surface area (Å²) in [5.41, 5.74) is 0.472. The lowest BCUT2D eigenvalue weighted by Gasteiger charge is -2.25. The summed E-state index contributed by atoms with van der Waals surface area (Å²) >= 11 is 0. The zero-order valence-electron chi connectivity index (χ0n) is 12.8. The van der Waals surface area contributed by atoms with Gasteiger partial charge in [0.2, 0.25) is 0 Å². The molecule has 0 radical (unpaired) electrons. The Morgan fingerprint density at radius 1 is 1.29 bits per heavy atom. The topological polar surface area (TPSA) is 15.3 Å². The normalized spacial score (nSPS) is 22.9. The van der Waals surface area contributed by atoms with E-state index in [2.05, 4.69) is 24.1 Å². The van der Waals surface area contributed by atoms with E-state index in [1.54, 1.807) is 6.07 Å². The third kappa shape index (κ3) is 3.70. The minimum atomic E-state index is -4.31. The molecule has 5 heteroatoms. The van der Waals surface area contributed by atoms with Gasteiger partial charge in [-0.05, 0) is 43.5 Å². The van der Waals surface area contributed by atoms with Crippen molar-refractivity contribution in [3.05, 3.63) is 29.3 Å². The minimum Gasteiger partial charge on any atom is -0.369 e. The van der Waals surface area contributed by atoms with E-state index >= 15 is 0 Å². The summed E-state index contributed by atoms with van der Waals surface area (Å²) in [5, 5.41) is 2.97. The Morgan fingerprint density at radius 2 is 2.00 bits per heavy atom. The Morgan fingerprint density at radius 3 is 2.52 bits per heavy atom. The summed E-state index contributed by atoms with van der Waals surface area (Å²) < 4.78 is 39.8. The standard InChI is InChI=1S/C16H23F3N2/c1-4-20-9-13-5-6-14(8-15(13)16(17,18)19)21-10-11(2)7-12(21)3/h5-6,8,11-12,20H,4,7,9-10H2,1-3H3. The average molecular weight is 300 g/mol. The number of alkyl halides is 3. The molecule has 0 aliphatic carbocycles. The number of rotatable bonds is 4. The molecule has 1 saturated heterocycles. The zero-order chi connectivity index (χ0) is 15.6. The van der Waals surface area contributed by atoms with Crippen LogP contribution >= 0.6 is 0 Å². The van der Waals surface area contributed by atoms with Crippen molar-refractivity contribution < 1.29 is 13.2 Å². The highest BCUT2D eigenvalue weighted by Gasteiger charge is 2.35. The first-order valence-electron chi connectivity index (χ1n) is 7.50. The van der Waals surface area contributed by atoms with Gasteiger partial charge in [0.05, 0.1) is 5.56 Å². The second-order valence-corrected chi connectivity index (χ2v) is 5.96. The summed E-state index contributed by atoms with van der Waals surface area (Å²) in [6.45, 7) is 7.82. The van der Waals surface area contributed by atoms with Crippen LogP contribution in [0.1, 0.15) is 38.3 Å². The molecule has 1 aliphatic heterocycles. The van der Waals surface area contributed by atoms with E-state index in [9.17, 15) is 13.2 Å². The quantitative estimate of drug-likeness (QED) is 0.902. The Bertz CT molecular complexity index is 485. The van der Waals surface area contributed by atoms with E-state index in [-0.39, 0.29) is 6.54 Å². The van der Waals surface area contributed by atoms with E-state index < -0.39 is 11.7 Å². The van der Waals surface area contributed by atoms with Crippen LogP contribution in [0.25, 0.3) is 0 Å². The summed E-state index contributed by atoms with van der Waals surface area (Å²) in [6.07, 6.45) is -3.28. The number of halogens is 3. The average Bonchev–Trinajstić information content (AvgIpc) is 2.74. The molecule has 0 aromatic heterocycles. The molecule has 0 spiro atoms. The zero-order valence-corrected chi connectivity index (χ0v) is 12.8. The van der Waals surface area contributed by atoms with Gasteiger partial charge in [-0.3, -0.25) is 0 Å². The van der Waals surface area contributed by atoms with Crippen molar-refractivity contribution in [2.24, 2.45) is 5.92 Å². The highest BCUT2D eigenvalue weighted by Crippen LogP contribution is 2.37. The van der Waals surface area contributed by atoms with Crippen molar-refractivity contribution >= 4 is 5.69 Å². The number of nitrogens with zero attached hydrogens (tertiary/aromatic N) is 1. The van der Waals surface area contributed by atoms with E-state index in [0.29, 0.717) is 29.8 Å². The first kappa shape index (κ1) is 16.1. The van der Waals surface area contributed by atoms with Crippen LogP contribution in [0.15, 0.2) is 18.2 Å². The largest absolute Gasteiger partial charge is 0.416 e. The maximum absolute atomic E-state index is 13.3. The molecule has 2 atom stereocenters. The van der Waals surface area contributed by atoms with Crippen LogP contribution in [0.4, 0.5) is 18.9 Å². The molecule has 21 heavy (non-hydrogen) atoms. The van der Waals surface area contributed by atoms with Gasteiger partial charge in [-0.25, -0.2) is 0 Å². The molecule has 2 nitrogen and oxygen atoms in total. The van der Waals surface area contributed by atoms with Crippen LogP contribution in [0, 0.1) is 5.92 Å². The maximum Gasteiger partial charge on any atom is 0.416 e. The van der Waals surface area contributed by atoms with Crippen molar-refractivity contribution in [1.82, 2.24) is 5.32 Å². The summed E-state index contributed by atoms with van der Waals surface area (Å²) in [6, 6.07) is 5.02. The van der Waals surface area contributed by atoms with Gasteiger partial charge in [-0.2, -0.15) is 13.2 Å². The second-order valence-electron chi connectivity index (χ2n) is 5.96. The lowest BCUT2D eigenvalue weighted by atomic mass is 10.0. The van der Waals surface area contributed by atoms with E-state index in [1.807, 2.05) is 13.0 Å². The van der Waals surface area contributed by atoms with E-state index in [4.69, 9.17) is 0 Å². The molecule has 0 amide bonds. The van der Waals surface area contributed by atoms with Gasteiger partial charge in [0.25, 0.3) is 0 Å². The molecule has 0 saturated carbocycles. The van der Waals surface area contributed by atoms with Crippen molar-refractivity contribution in [3.63, 3.8) is 0 Å². The Labute approximate surface area is 124 Å². The monoisotopic (exact) mass is 300 g/mol. The smallest absolute Gasteiger partial charge is 0.369 e. The molecule has 0 bridgehead atoms. The Kier molecular flexibility index (Phi) is 4.81. The predicted octanol–water partition coefficient (Wildman–Crippen LogP) is 4.05. The van der Waals surface area contributed by atoms with Crippen LogP contribution in [-0.2, 0) is 12.7 Å². The van der Waals surface area contributed by atoms with E-state index in [1.165, 1.54) is 6.07 Å². The molecular formula is C16H23F3N2. The second kappa shape index (κ2) is 6.26. The molecule has 2 rings (SSSR count). The van der Waals surface area contributed by atoms with Crippen molar-refractivity contribution in [3.8, 4) is 0 Å². The van der Waals surface area contributed by atoms with Crippen molar-refractivity contribution in [1.29, 1.82) is 0 Å². The first-order chi connectivity index (χ1) is 9.82. The summed E-state index contributed by atoms with van der Waals surface area (Å²) in [4.78, 5) is 2.08. The summed E-state index contributed by atoms with van der Waals surface area (Å²) in [7, 11) is 0. The van der Waals surface area contributed by atoms with E-state index in [0.717, 1.165) is 13.0 Å². The SMILES string of the molecule is CCNCc1ccc(N2CC(C)CC2C)cc1C(F)(F)F. The van der Waals surface area contributed by atoms with Crippen LogP contribution in [0.3, 0.4) is 0 Å². The number of benzene rings is 1. The number of anilines is 1.